The molecule has 1 aliphatic rings. The molecule has 0 aromatic heterocycles. The van der Waals surface area contributed by atoms with Crippen molar-refractivity contribution in [3.63, 3.8) is 0 Å². The largest absolute Gasteiger partial charge is 0.467 e. The van der Waals surface area contributed by atoms with Gasteiger partial charge in [0, 0.05) is 5.56 Å². The quantitative estimate of drug-likeness (QED) is 0.798. The lowest BCUT2D eigenvalue weighted by molar-refractivity contribution is -0.146. The molecule has 0 unspecified atom stereocenters. The maximum atomic E-state index is 12.3. The third kappa shape index (κ3) is 3.56. The first-order chi connectivity index (χ1) is 12.1. The number of fused-ring (bicyclic) bond motifs is 1. The van der Waals surface area contributed by atoms with Crippen molar-refractivity contribution in [2.24, 2.45) is 0 Å². The number of methoxy groups -OCH3 is 1. The van der Waals surface area contributed by atoms with Crippen LogP contribution in [0, 0.1) is 0 Å². The average Bonchev–Trinajstić information content (AvgIpc) is 3.13. The van der Waals surface area contributed by atoms with Crippen LogP contribution in [0.15, 0.2) is 48.5 Å². The number of aliphatic hydroxyl groups excluding tert-OH is 1. The third-order valence-electron chi connectivity index (χ3n) is 3.83. The first-order valence-electron chi connectivity index (χ1n) is 7.61. The number of hydrogen-bond donors (Lipinski definition) is 2. The zero-order valence-corrected chi connectivity index (χ0v) is 13.5. The summed E-state index contributed by atoms with van der Waals surface area (Å²) in [6.45, 7) is 0.0973. The second-order valence-electron chi connectivity index (χ2n) is 5.40. The highest BCUT2D eigenvalue weighted by atomic mass is 16.7. The van der Waals surface area contributed by atoms with E-state index in [1.54, 1.807) is 48.5 Å². The van der Waals surface area contributed by atoms with Crippen LogP contribution in [-0.2, 0) is 9.53 Å². The molecule has 2 aromatic rings. The molecule has 0 saturated carbocycles. The predicted octanol–water partition coefficient (Wildman–Crippen LogP) is 1.42. The van der Waals surface area contributed by atoms with Crippen LogP contribution in [0.4, 0.5) is 0 Å². The lowest BCUT2D eigenvalue weighted by atomic mass is 10.0. The SMILES string of the molecule is COC(=O)[C@@H](NC(=O)c1ccccc1)[C@@H](O)c1ccc2c(c1)OCO2. The molecule has 0 fully saturated rings. The molecule has 2 atom stereocenters. The van der Waals surface area contributed by atoms with Crippen molar-refractivity contribution in [2.75, 3.05) is 13.9 Å². The Morgan fingerprint density at radius 3 is 2.56 bits per heavy atom. The number of esters is 1. The normalized spacial score (nSPS) is 14.5. The van der Waals surface area contributed by atoms with Gasteiger partial charge in [-0.3, -0.25) is 4.79 Å². The predicted molar refractivity (Wildman–Crippen MR) is 87.2 cm³/mol. The van der Waals surface area contributed by atoms with Crippen molar-refractivity contribution in [3.8, 4) is 11.5 Å². The molecule has 2 aromatic carbocycles. The highest BCUT2D eigenvalue weighted by Crippen LogP contribution is 2.34. The first-order valence-corrected chi connectivity index (χ1v) is 7.61. The van der Waals surface area contributed by atoms with Crippen molar-refractivity contribution in [2.45, 2.75) is 12.1 Å². The van der Waals surface area contributed by atoms with Crippen molar-refractivity contribution in [1.82, 2.24) is 5.32 Å². The Labute approximate surface area is 144 Å². The average molecular weight is 343 g/mol. The van der Waals surface area contributed by atoms with Crippen LogP contribution in [0.5, 0.6) is 11.5 Å². The summed E-state index contributed by atoms with van der Waals surface area (Å²) in [7, 11) is 1.19. The van der Waals surface area contributed by atoms with E-state index in [2.05, 4.69) is 5.32 Å². The summed E-state index contributed by atoms with van der Waals surface area (Å²) in [6.07, 6.45) is -1.31. The zero-order chi connectivity index (χ0) is 17.8. The number of nitrogens with one attached hydrogen (secondary N) is 1. The van der Waals surface area contributed by atoms with Crippen molar-refractivity contribution in [1.29, 1.82) is 0 Å². The monoisotopic (exact) mass is 343 g/mol. The van der Waals surface area contributed by atoms with Gasteiger partial charge in [-0.1, -0.05) is 24.3 Å². The molecule has 1 amide bonds. The van der Waals surface area contributed by atoms with E-state index >= 15 is 0 Å². The first kappa shape index (κ1) is 16.8. The van der Waals surface area contributed by atoms with E-state index in [9.17, 15) is 14.7 Å². The van der Waals surface area contributed by atoms with E-state index < -0.39 is 24.0 Å². The number of amides is 1. The molecule has 130 valence electrons. The highest BCUT2D eigenvalue weighted by Gasteiger charge is 2.32. The molecule has 0 saturated heterocycles. The van der Waals surface area contributed by atoms with Gasteiger partial charge in [-0.25, -0.2) is 4.79 Å². The van der Waals surface area contributed by atoms with Crippen LogP contribution in [0.3, 0.4) is 0 Å². The number of carbonyl (C=O) groups excluding carboxylic acids is 2. The molecule has 0 radical (unpaired) electrons. The Hall–Kier alpha value is -3.06. The smallest absolute Gasteiger partial charge is 0.331 e. The van der Waals surface area contributed by atoms with E-state index in [1.165, 1.54) is 7.11 Å². The summed E-state index contributed by atoms with van der Waals surface area (Å²) in [4.78, 5) is 24.4. The second kappa shape index (κ2) is 7.23. The number of carbonyl (C=O) groups is 2. The van der Waals surface area contributed by atoms with Gasteiger partial charge in [0.05, 0.1) is 7.11 Å². The van der Waals surface area contributed by atoms with Crippen LogP contribution in [0.25, 0.3) is 0 Å². The van der Waals surface area contributed by atoms with Gasteiger partial charge in [-0.05, 0) is 29.8 Å². The van der Waals surface area contributed by atoms with Crippen molar-refractivity contribution in [3.05, 3.63) is 59.7 Å². The Balaban J connectivity index is 1.82. The fraction of sp³-hybridized carbons (Fsp3) is 0.222. The number of benzene rings is 2. The summed E-state index contributed by atoms with van der Waals surface area (Å²) in [6, 6.07) is 11.9. The second-order valence-corrected chi connectivity index (χ2v) is 5.40. The molecule has 1 aliphatic heterocycles. The van der Waals surface area contributed by atoms with Crippen LogP contribution < -0.4 is 14.8 Å². The summed E-state index contributed by atoms with van der Waals surface area (Å²) in [5, 5.41) is 13.1. The Kier molecular flexibility index (Phi) is 4.85. The van der Waals surface area contributed by atoms with Crippen LogP contribution in [-0.4, -0.2) is 36.9 Å². The molecule has 0 bridgehead atoms. The van der Waals surface area contributed by atoms with E-state index in [0.717, 1.165) is 0 Å². The molecule has 0 aliphatic carbocycles. The summed E-state index contributed by atoms with van der Waals surface area (Å²) < 4.78 is 15.2. The number of hydrogen-bond acceptors (Lipinski definition) is 6. The molecule has 25 heavy (non-hydrogen) atoms. The molecular weight excluding hydrogens is 326 g/mol. The molecule has 2 N–H and O–H groups in total. The van der Waals surface area contributed by atoms with Crippen molar-refractivity contribution < 1.29 is 28.9 Å². The lowest BCUT2D eigenvalue weighted by Crippen LogP contribution is -2.45. The van der Waals surface area contributed by atoms with Gasteiger partial charge in [0.25, 0.3) is 5.91 Å². The molecule has 1 heterocycles. The molecule has 3 rings (SSSR count). The van der Waals surface area contributed by atoms with Gasteiger partial charge in [0.2, 0.25) is 6.79 Å². The van der Waals surface area contributed by atoms with Gasteiger partial charge in [0.1, 0.15) is 6.10 Å². The van der Waals surface area contributed by atoms with Gasteiger partial charge in [-0.2, -0.15) is 0 Å². The number of ether oxygens (including phenoxy) is 3. The third-order valence-corrected chi connectivity index (χ3v) is 3.83. The maximum absolute atomic E-state index is 12.3. The van der Waals surface area contributed by atoms with E-state index in [1.807, 2.05) is 0 Å². The highest BCUT2D eigenvalue weighted by molar-refractivity contribution is 5.96. The molecule has 7 nitrogen and oxygen atoms in total. The van der Waals surface area contributed by atoms with E-state index in [0.29, 0.717) is 22.6 Å². The van der Waals surface area contributed by atoms with Crippen molar-refractivity contribution >= 4 is 11.9 Å². The summed E-state index contributed by atoms with van der Waals surface area (Å²) in [5.74, 6) is -0.223. The Morgan fingerprint density at radius 2 is 1.84 bits per heavy atom. The minimum Gasteiger partial charge on any atom is -0.467 e. The maximum Gasteiger partial charge on any atom is 0.331 e. The zero-order valence-electron chi connectivity index (χ0n) is 13.5. The van der Waals surface area contributed by atoms with Gasteiger partial charge >= 0.3 is 5.97 Å². The summed E-state index contributed by atoms with van der Waals surface area (Å²) >= 11 is 0. The topological polar surface area (TPSA) is 94.1 Å². The fourth-order valence-corrected chi connectivity index (χ4v) is 2.50. The minimum absolute atomic E-state index is 0.0973. The molecular formula is C18H17NO6. The van der Waals surface area contributed by atoms with Crippen LogP contribution in [0.1, 0.15) is 22.0 Å². The van der Waals surface area contributed by atoms with Gasteiger partial charge in [-0.15, -0.1) is 0 Å². The molecule has 7 heteroatoms. The van der Waals surface area contributed by atoms with Crippen LogP contribution >= 0.6 is 0 Å². The summed E-state index contributed by atoms with van der Waals surface area (Å²) in [5.41, 5.74) is 0.766. The number of rotatable bonds is 5. The lowest BCUT2D eigenvalue weighted by Gasteiger charge is -2.22. The van der Waals surface area contributed by atoms with E-state index in [4.69, 9.17) is 14.2 Å². The minimum atomic E-state index is -1.31. The van der Waals surface area contributed by atoms with Gasteiger partial charge in [0.15, 0.2) is 17.5 Å². The standard InChI is InChI=1S/C18H17NO6/c1-23-18(22)15(19-17(21)11-5-3-2-4-6-11)16(20)12-7-8-13-14(9-12)25-10-24-13/h2-9,15-16,20H,10H2,1H3,(H,19,21)/t15-,16-/m0/s1. The number of aliphatic hydroxyl groups is 1. The molecule has 0 spiro atoms. The van der Waals surface area contributed by atoms with Crippen LogP contribution in [0.2, 0.25) is 0 Å². The Morgan fingerprint density at radius 1 is 1.12 bits per heavy atom. The van der Waals surface area contributed by atoms with Gasteiger partial charge < -0.3 is 24.6 Å². The van der Waals surface area contributed by atoms with E-state index in [-0.39, 0.29) is 6.79 Å². The Bertz CT molecular complexity index is 776. The fourth-order valence-electron chi connectivity index (χ4n) is 2.50.